The number of imide groups is 1. The Hall–Kier alpha value is -1.04. The Labute approximate surface area is 110 Å². The molecule has 0 aromatic carbocycles. The maximum atomic E-state index is 12.1. The number of hydrogen-bond donors (Lipinski definition) is 1. The number of carbonyl (C=O) groups is 3. The maximum absolute atomic E-state index is 12.1. The number of fused-ring (bicyclic) bond motifs is 2. The molecular formula is C12H17NO4S. The lowest BCUT2D eigenvalue weighted by molar-refractivity contribution is -0.163. The Kier molecular flexibility index (Phi) is 3.94. The smallest absolute Gasteiger partial charge is 0.326 e. The molecule has 1 aliphatic heterocycles. The molecule has 2 fully saturated rings. The minimum Gasteiger partial charge on any atom is -0.480 e. The van der Waals surface area contributed by atoms with E-state index in [1.807, 2.05) is 6.26 Å². The van der Waals surface area contributed by atoms with E-state index in [9.17, 15) is 19.5 Å². The van der Waals surface area contributed by atoms with E-state index >= 15 is 0 Å². The molecule has 18 heavy (non-hydrogen) atoms. The molecule has 1 saturated carbocycles. The van der Waals surface area contributed by atoms with Crippen molar-refractivity contribution in [2.75, 3.05) is 12.0 Å². The third kappa shape index (κ3) is 2.25. The van der Waals surface area contributed by atoms with Crippen molar-refractivity contribution in [1.29, 1.82) is 0 Å². The predicted molar refractivity (Wildman–Crippen MR) is 67.1 cm³/mol. The van der Waals surface area contributed by atoms with Crippen molar-refractivity contribution in [1.82, 2.24) is 4.90 Å². The quantitative estimate of drug-likeness (QED) is 0.754. The van der Waals surface area contributed by atoms with Gasteiger partial charge in [-0.3, -0.25) is 14.5 Å². The van der Waals surface area contributed by atoms with E-state index < -0.39 is 12.0 Å². The number of thioether (sulfide) groups is 1. The summed E-state index contributed by atoms with van der Waals surface area (Å²) in [5.74, 6) is -1.27. The second-order valence-electron chi connectivity index (χ2n) is 4.89. The average molecular weight is 271 g/mol. The lowest BCUT2D eigenvalue weighted by Crippen LogP contribution is -2.54. The number of aliphatic carboxylic acids is 1. The van der Waals surface area contributed by atoms with E-state index in [1.54, 1.807) is 0 Å². The first-order valence-electron chi connectivity index (χ1n) is 6.15. The molecule has 0 aromatic heterocycles. The molecule has 100 valence electrons. The molecule has 0 spiro atoms. The zero-order chi connectivity index (χ0) is 13.3. The molecule has 0 aromatic rings. The highest BCUT2D eigenvalue weighted by atomic mass is 32.2. The first kappa shape index (κ1) is 13.4. The lowest BCUT2D eigenvalue weighted by Gasteiger charge is -2.33. The van der Waals surface area contributed by atoms with Gasteiger partial charge in [0.05, 0.1) is 0 Å². The molecule has 1 heterocycles. The molecule has 1 N–H and O–H groups in total. The first-order chi connectivity index (χ1) is 8.56. The Morgan fingerprint density at radius 3 is 2.39 bits per heavy atom. The van der Waals surface area contributed by atoms with Crippen molar-refractivity contribution in [3.63, 3.8) is 0 Å². The van der Waals surface area contributed by atoms with E-state index in [1.165, 1.54) is 11.8 Å². The maximum Gasteiger partial charge on any atom is 0.326 e. The summed E-state index contributed by atoms with van der Waals surface area (Å²) >= 11 is 1.52. The second kappa shape index (κ2) is 5.30. The molecule has 2 amide bonds. The van der Waals surface area contributed by atoms with Crippen LogP contribution in [0.25, 0.3) is 0 Å². The number of likely N-dealkylation sites (tertiary alicyclic amines) is 1. The average Bonchev–Trinajstić information content (AvgIpc) is 2.77. The van der Waals surface area contributed by atoms with Gasteiger partial charge in [0.2, 0.25) is 11.8 Å². The van der Waals surface area contributed by atoms with Gasteiger partial charge in [0.1, 0.15) is 6.04 Å². The number of piperidine rings is 1. The van der Waals surface area contributed by atoms with Crippen LogP contribution in [0, 0.1) is 11.8 Å². The van der Waals surface area contributed by atoms with Gasteiger partial charge in [-0.15, -0.1) is 0 Å². The van der Waals surface area contributed by atoms with Gasteiger partial charge in [0, 0.05) is 11.8 Å². The van der Waals surface area contributed by atoms with E-state index in [0.29, 0.717) is 18.6 Å². The molecule has 2 rings (SSSR count). The monoisotopic (exact) mass is 271 g/mol. The summed E-state index contributed by atoms with van der Waals surface area (Å²) in [6.07, 6.45) is 4.26. The summed E-state index contributed by atoms with van der Waals surface area (Å²) in [5.41, 5.74) is 0. The lowest BCUT2D eigenvalue weighted by atomic mass is 9.95. The number of amides is 2. The second-order valence-corrected chi connectivity index (χ2v) is 5.87. The van der Waals surface area contributed by atoms with Crippen molar-refractivity contribution >= 4 is 29.5 Å². The SMILES string of the molecule is CSCCC(C(=O)O)N1C(=O)C2CCC(C2)C1=O. The van der Waals surface area contributed by atoms with Gasteiger partial charge in [-0.1, -0.05) is 0 Å². The minimum atomic E-state index is -1.08. The standard InChI is InChI=1S/C12H17NO4S/c1-18-5-4-9(12(16)17)13-10(14)7-2-3-8(6-7)11(13)15/h7-9H,2-6H2,1H3,(H,16,17). The van der Waals surface area contributed by atoms with Gasteiger partial charge in [-0.25, -0.2) is 4.79 Å². The number of carboxylic acids is 1. The van der Waals surface area contributed by atoms with Crippen LogP contribution in [0.3, 0.4) is 0 Å². The van der Waals surface area contributed by atoms with Crippen molar-refractivity contribution in [2.24, 2.45) is 11.8 Å². The highest BCUT2D eigenvalue weighted by molar-refractivity contribution is 7.98. The molecule has 6 heteroatoms. The van der Waals surface area contributed by atoms with Crippen molar-refractivity contribution in [3.8, 4) is 0 Å². The fraction of sp³-hybridized carbons (Fsp3) is 0.750. The van der Waals surface area contributed by atoms with E-state index in [4.69, 9.17) is 0 Å². The number of rotatable bonds is 5. The largest absolute Gasteiger partial charge is 0.480 e. The normalized spacial score (nSPS) is 28.6. The van der Waals surface area contributed by atoms with Crippen LogP contribution in [0.15, 0.2) is 0 Å². The Bertz CT molecular complexity index is 362. The fourth-order valence-electron chi connectivity index (χ4n) is 2.83. The fourth-order valence-corrected chi connectivity index (χ4v) is 3.29. The Morgan fingerprint density at radius 2 is 1.94 bits per heavy atom. The van der Waals surface area contributed by atoms with Crippen molar-refractivity contribution in [3.05, 3.63) is 0 Å². The zero-order valence-corrected chi connectivity index (χ0v) is 11.1. The highest BCUT2D eigenvalue weighted by Crippen LogP contribution is 2.39. The summed E-state index contributed by atoms with van der Waals surface area (Å²) in [6, 6.07) is -0.985. The van der Waals surface area contributed by atoms with Crippen LogP contribution in [-0.4, -0.2) is 45.8 Å². The van der Waals surface area contributed by atoms with Gasteiger partial charge >= 0.3 is 5.97 Å². The molecule has 5 nitrogen and oxygen atoms in total. The number of carbonyl (C=O) groups excluding carboxylic acids is 2. The van der Waals surface area contributed by atoms with Gasteiger partial charge in [0.25, 0.3) is 0 Å². The van der Waals surface area contributed by atoms with Gasteiger partial charge in [-0.05, 0) is 37.7 Å². The topological polar surface area (TPSA) is 74.7 Å². The molecule has 2 aliphatic rings. The van der Waals surface area contributed by atoms with Gasteiger partial charge in [0.15, 0.2) is 0 Å². The number of carboxylic acid groups (broad SMARTS) is 1. The molecule has 3 atom stereocenters. The van der Waals surface area contributed by atoms with Crippen LogP contribution in [0.1, 0.15) is 25.7 Å². The highest BCUT2D eigenvalue weighted by Gasteiger charge is 2.48. The van der Waals surface area contributed by atoms with Crippen LogP contribution in [0.2, 0.25) is 0 Å². The molecule has 1 saturated heterocycles. The first-order valence-corrected chi connectivity index (χ1v) is 7.54. The summed E-state index contributed by atoms with van der Waals surface area (Å²) in [6.45, 7) is 0. The summed E-state index contributed by atoms with van der Waals surface area (Å²) in [5, 5.41) is 9.23. The summed E-state index contributed by atoms with van der Waals surface area (Å²) in [4.78, 5) is 36.6. The van der Waals surface area contributed by atoms with Crippen molar-refractivity contribution < 1.29 is 19.5 Å². The minimum absolute atomic E-state index is 0.135. The van der Waals surface area contributed by atoms with Crippen LogP contribution in [-0.2, 0) is 14.4 Å². The molecule has 2 bridgehead atoms. The molecule has 0 radical (unpaired) electrons. The zero-order valence-electron chi connectivity index (χ0n) is 10.3. The number of nitrogens with zero attached hydrogens (tertiary/aromatic N) is 1. The van der Waals surface area contributed by atoms with Gasteiger partial charge in [-0.2, -0.15) is 11.8 Å². The third-order valence-electron chi connectivity index (χ3n) is 3.80. The van der Waals surface area contributed by atoms with E-state index in [0.717, 1.165) is 17.7 Å². The van der Waals surface area contributed by atoms with E-state index in [-0.39, 0.29) is 23.7 Å². The van der Waals surface area contributed by atoms with Crippen LogP contribution in [0.5, 0.6) is 0 Å². The van der Waals surface area contributed by atoms with Crippen molar-refractivity contribution in [2.45, 2.75) is 31.7 Å². The molecular weight excluding hydrogens is 254 g/mol. The predicted octanol–water partition coefficient (Wildman–Crippen LogP) is 0.978. The third-order valence-corrected chi connectivity index (χ3v) is 4.44. The Balaban J connectivity index is 2.20. The van der Waals surface area contributed by atoms with E-state index in [2.05, 4.69) is 0 Å². The molecule has 3 unspecified atom stereocenters. The van der Waals surface area contributed by atoms with Crippen LogP contribution < -0.4 is 0 Å². The van der Waals surface area contributed by atoms with Crippen LogP contribution in [0.4, 0.5) is 0 Å². The van der Waals surface area contributed by atoms with Crippen LogP contribution >= 0.6 is 11.8 Å². The number of hydrogen-bond acceptors (Lipinski definition) is 4. The summed E-state index contributed by atoms with van der Waals surface area (Å²) in [7, 11) is 0. The van der Waals surface area contributed by atoms with Gasteiger partial charge < -0.3 is 5.11 Å². The Morgan fingerprint density at radius 1 is 1.39 bits per heavy atom. The molecule has 1 aliphatic carbocycles. The summed E-state index contributed by atoms with van der Waals surface area (Å²) < 4.78 is 0.